The second-order valence-electron chi connectivity index (χ2n) is 8.13. The minimum absolute atomic E-state index is 0.181. The molecule has 4 nitrogen and oxygen atoms in total. The summed E-state index contributed by atoms with van der Waals surface area (Å²) in [5.74, 6) is -0.503. The van der Waals surface area contributed by atoms with Crippen LogP contribution in [0.15, 0.2) is 66.7 Å². The zero-order valence-corrected chi connectivity index (χ0v) is 17.4. The lowest BCUT2D eigenvalue weighted by Gasteiger charge is -2.30. The number of esters is 1. The van der Waals surface area contributed by atoms with Gasteiger partial charge in [-0.2, -0.15) is 0 Å². The topological polar surface area (TPSA) is 45.3 Å². The van der Waals surface area contributed by atoms with Crippen LogP contribution in [0, 0.1) is 0 Å². The molecule has 2 atom stereocenters. The molecule has 4 heteroatoms. The number of H-pyrrole nitrogens is 1. The molecule has 30 heavy (non-hydrogen) atoms. The van der Waals surface area contributed by atoms with Crippen molar-refractivity contribution in [1.29, 1.82) is 0 Å². The van der Waals surface area contributed by atoms with Crippen molar-refractivity contribution in [1.82, 2.24) is 9.88 Å². The Kier molecular flexibility index (Phi) is 4.80. The number of nitrogens with one attached hydrogen (secondary N) is 1. The van der Waals surface area contributed by atoms with Gasteiger partial charge in [-0.05, 0) is 41.3 Å². The molecule has 0 aliphatic carbocycles. The third kappa shape index (κ3) is 3.08. The van der Waals surface area contributed by atoms with E-state index in [0.717, 1.165) is 24.2 Å². The van der Waals surface area contributed by atoms with Crippen molar-refractivity contribution >= 4 is 27.6 Å². The van der Waals surface area contributed by atoms with Crippen LogP contribution in [-0.4, -0.2) is 36.1 Å². The Hall–Kier alpha value is -3.11. The standard InChI is InChI=1S/C26H26N2O2/c1-17(19-12-7-9-18-8-3-4-10-20(18)19)28-15-14-22-21-11-5-6-13-24(21)27-25(22)23(16-28)26(29)30-2/h3-13,17,23,27H,14-16H2,1-2H3/t17-,23?/m1/s1. The summed E-state index contributed by atoms with van der Waals surface area (Å²) in [4.78, 5) is 18.8. The highest BCUT2D eigenvalue weighted by Crippen LogP contribution is 2.36. The number of nitrogens with zero attached hydrogens (tertiary/aromatic N) is 1. The Labute approximate surface area is 176 Å². The van der Waals surface area contributed by atoms with Gasteiger partial charge < -0.3 is 9.72 Å². The Balaban J connectivity index is 1.55. The van der Waals surface area contributed by atoms with Gasteiger partial charge in [0.15, 0.2) is 0 Å². The Morgan fingerprint density at radius 3 is 2.60 bits per heavy atom. The summed E-state index contributed by atoms with van der Waals surface area (Å²) >= 11 is 0. The van der Waals surface area contributed by atoms with Gasteiger partial charge in [0.1, 0.15) is 5.92 Å². The number of hydrogen-bond acceptors (Lipinski definition) is 3. The number of aromatic nitrogens is 1. The van der Waals surface area contributed by atoms with E-state index >= 15 is 0 Å². The maximum Gasteiger partial charge on any atom is 0.315 e. The molecule has 2 heterocycles. The lowest BCUT2D eigenvalue weighted by atomic mass is 9.97. The zero-order chi connectivity index (χ0) is 20.7. The van der Waals surface area contributed by atoms with E-state index in [9.17, 15) is 4.79 Å². The van der Waals surface area contributed by atoms with E-state index in [0.29, 0.717) is 6.54 Å². The van der Waals surface area contributed by atoms with Crippen LogP contribution in [0.3, 0.4) is 0 Å². The van der Waals surface area contributed by atoms with Gasteiger partial charge >= 0.3 is 5.97 Å². The van der Waals surface area contributed by atoms with Crippen molar-refractivity contribution in [2.45, 2.75) is 25.3 Å². The van der Waals surface area contributed by atoms with Crippen LogP contribution in [0.5, 0.6) is 0 Å². The summed E-state index contributed by atoms with van der Waals surface area (Å²) in [5.41, 5.74) is 4.64. The number of carbonyl (C=O) groups is 1. The van der Waals surface area contributed by atoms with Crippen LogP contribution < -0.4 is 0 Å². The van der Waals surface area contributed by atoms with E-state index in [-0.39, 0.29) is 17.9 Å². The fraction of sp³-hybridized carbons (Fsp3) is 0.269. The Bertz CT molecular complexity index is 1220. The molecule has 1 aliphatic heterocycles. The van der Waals surface area contributed by atoms with Gasteiger partial charge in [-0.25, -0.2) is 0 Å². The predicted molar refractivity (Wildman–Crippen MR) is 121 cm³/mol. The fourth-order valence-electron chi connectivity index (χ4n) is 4.96. The average molecular weight is 399 g/mol. The molecule has 3 aromatic carbocycles. The molecule has 0 saturated heterocycles. The van der Waals surface area contributed by atoms with Crippen LogP contribution in [-0.2, 0) is 16.0 Å². The number of methoxy groups -OCH3 is 1. The quantitative estimate of drug-likeness (QED) is 0.483. The molecule has 1 unspecified atom stereocenters. The van der Waals surface area contributed by atoms with Gasteiger partial charge in [-0.3, -0.25) is 9.69 Å². The molecule has 0 saturated carbocycles. The molecule has 0 radical (unpaired) electrons. The monoisotopic (exact) mass is 398 g/mol. The summed E-state index contributed by atoms with van der Waals surface area (Å²) < 4.78 is 5.22. The van der Waals surface area contributed by atoms with Gasteiger partial charge in [-0.1, -0.05) is 60.7 Å². The van der Waals surface area contributed by atoms with Crippen molar-refractivity contribution in [3.05, 3.63) is 83.6 Å². The molecule has 0 spiro atoms. The Morgan fingerprint density at radius 1 is 1.03 bits per heavy atom. The summed E-state index contributed by atoms with van der Waals surface area (Å²) in [6, 6.07) is 23.5. The number of fused-ring (bicyclic) bond motifs is 4. The Morgan fingerprint density at radius 2 is 1.77 bits per heavy atom. The lowest BCUT2D eigenvalue weighted by molar-refractivity contribution is -0.143. The van der Waals surface area contributed by atoms with E-state index in [4.69, 9.17) is 4.74 Å². The van der Waals surface area contributed by atoms with E-state index in [1.807, 2.05) is 6.07 Å². The molecule has 1 aromatic heterocycles. The van der Waals surface area contributed by atoms with Crippen molar-refractivity contribution in [3.63, 3.8) is 0 Å². The van der Waals surface area contributed by atoms with Gasteiger partial charge in [-0.15, -0.1) is 0 Å². The van der Waals surface area contributed by atoms with Gasteiger partial charge in [0.2, 0.25) is 0 Å². The van der Waals surface area contributed by atoms with E-state index in [2.05, 4.69) is 77.5 Å². The highest BCUT2D eigenvalue weighted by atomic mass is 16.5. The largest absolute Gasteiger partial charge is 0.468 e. The second kappa shape index (κ2) is 7.62. The minimum atomic E-state index is -0.322. The maximum absolute atomic E-state index is 12.8. The fourth-order valence-corrected chi connectivity index (χ4v) is 4.96. The molecule has 1 N–H and O–H groups in total. The number of para-hydroxylation sites is 1. The average Bonchev–Trinajstić information content (AvgIpc) is 3.05. The first-order valence-electron chi connectivity index (χ1n) is 10.6. The molecular weight excluding hydrogens is 372 g/mol. The number of ether oxygens (including phenoxy) is 1. The number of hydrogen-bond donors (Lipinski definition) is 1. The van der Waals surface area contributed by atoms with E-state index < -0.39 is 0 Å². The third-order valence-electron chi connectivity index (χ3n) is 6.57. The van der Waals surface area contributed by atoms with Crippen molar-refractivity contribution in [3.8, 4) is 0 Å². The van der Waals surface area contributed by atoms with Crippen LogP contribution >= 0.6 is 0 Å². The van der Waals surface area contributed by atoms with Crippen LogP contribution in [0.25, 0.3) is 21.7 Å². The number of carbonyl (C=O) groups excluding carboxylic acids is 1. The zero-order valence-electron chi connectivity index (χ0n) is 17.4. The lowest BCUT2D eigenvalue weighted by Crippen LogP contribution is -2.34. The van der Waals surface area contributed by atoms with Crippen molar-refractivity contribution < 1.29 is 9.53 Å². The molecule has 5 rings (SSSR count). The molecule has 1 aliphatic rings. The summed E-state index contributed by atoms with van der Waals surface area (Å²) in [6.45, 7) is 3.78. The van der Waals surface area contributed by atoms with E-state index in [1.54, 1.807) is 0 Å². The predicted octanol–water partition coefficient (Wildman–Crippen LogP) is 5.20. The van der Waals surface area contributed by atoms with Crippen molar-refractivity contribution in [2.24, 2.45) is 0 Å². The molecule has 152 valence electrons. The minimum Gasteiger partial charge on any atom is -0.468 e. The summed E-state index contributed by atoms with van der Waals surface area (Å²) in [6.07, 6.45) is 0.905. The highest BCUT2D eigenvalue weighted by molar-refractivity contribution is 5.89. The first kappa shape index (κ1) is 18.9. The molecule has 0 bridgehead atoms. The van der Waals surface area contributed by atoms with Gasteiger partial charge in [0, 0.05) is 35.7 Å². The molecule has 4 aromatic rings. The van der Waals surface area contributed by atoms with Crippen LogP contribution in [0.4, 0.5) is 0 Å². The van der Waals surface area contributed by atoms with Crippen LogP contribution in [0.1, 0.15) is 35.7 Å². The summed E-state index contributed by atoms with van der Waals surface area (Å²) in [5, 5.41) is 3.73. The number of benzene rings is 3. The SMILES string of the molecule is COC(=O)C1CN([C@H](C)c2cccc3ccccc23)CCc2c1[nH]c1ccccc21. The molecule has 0 fully saturated rings. The van der Waals surface area contributed by atoms with Crippen molar-refractivity contribution in [2.75, 3.05) is 20.2 Å². The maximum atomic E-state index is 12.8. The first-order valence-corrected chi connectivity index (χ1v) is 10.6. The van der Waals surface area contributed by atoms with E-state index in [1.165, 1.54) is 34.4 Å². The highest BCUT2D eigenvalue weighted by Gasteiger charge is 2.34. The molecule has 0 amide bonds. The molecular formula is C26H26N2O2. The normalized spacial score (nSPS) is 18.1. The first-order chi connectivity index (χ1) is 14.7. The van der Waals surface area contributed by atoms with Gasteiger partial charge in [0.25, 0.3) is 0 Å². The smallest absolute Gasteiger partial charge is 0.315 e. The van der Waals surface area contributed by atoms with Crippen LogP contribution in [0.2, 0.25) is 0 Å². The third-order valence-corrected chi connectivity index (χ3v) is 6.57. The number of aromatic amines is 1. The number of rotatable bonds is 3. The van der Waals surface area contributed by atoms with Gasteiger partial charge in [0.05, 0.1) is 7.11 Å². The second-order valence-corrected chi connectivity index (χ2v) is 8.13. The summed E-state index contributed by atoms with van der Waals surface area (Å²) in [7, 11) is 1.48.